The monoisotopic (exact) mass is 240 g/mol. The van der Waals surface area contributed by atoms with Crippen LogP contribution in [0.5, 0.6) is 0 Å². The first-order chi connectivity index (χ1) is 8.15. The first-order valence-corrected chi connectivity index (χ1v) is 7.61. The van der Waals surface area contributed by atoms with Crippen LogP contribution in [0.2, 0.25) is 0 Å². The lowest BCUT2D eigenvalue weighted by Crippen LogP contribution is -2.49. The Kier molecular flexibility index (Phi) is 7.14. The fraction of sp³-hybridized carbons (Fsp3) is 1.00. The van der Waals surface area contributed by atoms with E-state index >= 15 is 0 Å². The first kappa shape index (κ1) is 15.0. The number of nitrogens with one attached hydrogen (secondary N) is 1. The summed E-state index contributed by atoms with van der Waals surface area (Å²) in [4.78, 5) is 2.66. The van der Waals surface area contributed by atoms with Crippen LogP contribution >= 0.6 is 0 Å². The smallest absolute Gasteiger partial charge is 0.0198 e. The van der Waals surface area contributed by atoms with Crippen molar-refractivity contribution in [2.75, 3.05) is 26.2 Å². The van der Waals surface area contributed by atoms with Crippen LogP contribution in [0.1, 0.15) is 53.4 Å². The zero-order valence-electron chi connectivity index (χ0n) is 12.3. The predicted molar refractivity (Wildman–Crippen MR) is 76.4 cm³/mol. The SMILES string of the molecule is CCCN1CC(CC)CC(NCCC(C)C)C1. The van der Waals surface area contributed by atoms with Crippen LogP contribution in [0.15, 0.2) is 0 Å². The van der Waals surface area contributed by atoms with Crippen LogP contribution in [0.4, 0.5) is 0 Å². The lowest BCUT2D eigenvalue weighted by atomic mass is 9.92. The largest absolute Gasteiger partial charge is 0.313 e. The van der Waals surface area contributed by atoms with Gasteiger partial charge in [0.25, 0.3) is 0 Å². The van der Waals surface area contributed by atoms with Gasteiger partial charge in [0, 0.05) is 19.1 Å². The fourth-order valence-electron chi connectivity index (χ4n) is 2.82. The molecule has 0 saturated carbocycles. The molecule has 0 amide bonds. The molecular weight excluding hydrogens is 208 g/mol. The Balaban J connectivity index is 2.31. The minimum absolute atomic E-state index is 0.735. The first-order valence-electron chi connectivity index (χ1n) is 7.61. The molecule has 0 aromatic carbocycles. The molecule has 1 heterocycles. The number of piperidine rings is 1. The highest BCUT2D eigenvalue weighted by Crippen LogP contribution is 2.20. The van der Waals surface area contributed by atoms with Crippen LogP contribution in [0, 0.1) is 11.8 Å². The van der Waals surface area contributed by atoms with Crippen molar-refractivity contribution in [2.24, 2.45) is 11.8 Å². The van der Waals surface area contributed by atoms with E-state index in [1.807, 2.05) is 0 Å². The molecule has 2 nitrogen and oxygen atoms in total. The highest BCUT2D eigenvalue weighted by molar-refractivity contribution is 4.82. The Morgan fingerprint density at radius 1 is 1.24 bits per heavy atom. The summed E-state index contributed by atoms with van der Waals surface area (Å²) in [6.07, 6.45) is 5.31. The Morgan fingerprint density at radius 2 is 2.00 bits per heavy atom. The topological polar surface area (TPSA) is 15.3 Å². The molecule has 102 valence electrons. The van der Waals surface area contributed by atoms with Gasteiger partial charge in [0.1, 0.15) is 0 Å². The van der Waals surface area contributed by atoms with Crippen molar-refractivity contribution in [3.05, 3.63) is 0 Å². The van der Waals surface area contributed by atoms with Gasteiger partial charge in [-0.15, -0.1) is 0 Å². The zero-order chi connectivity index (χ0) is 12.7. The number of rotatable bonds is 7. The number of likely N-dealkylation sites (tertiary alicyclic amines) is 1. The van der Waals surface area contributed by atoms with Gasteiger partial charge in [-0.25, -0.2) is 0 Å². The third kappa shape index (κ3) is 5.87. The molecule has 1 aliphatic rings. The Labute approximate surface area is 108 Å². The molecule has 0 aromatic rings. The number of hydrogen-bond acceptors (Lipinski definition) is 2. The predicted octanol–water partition coefficient (Wildman–Crippen LogP) is 3.13. The van der Waals surface area contributed by atoms with Crippen LogP contribution in [-0.2, 0) is 0 Å². The molecule has 1 fully saturated rings. The summed E-state index contributed by atoms with van der Waals surface area (Å²) in [6.45, 7) is 14.3. The molecule has 1 aliphatic heterocycles. The van der Waals surface area contributed by atoms with Gasteiger partial charge in [-0.1, -0.05) is 34.1 Å². The second-order valence-electron chi connectivity index (χ2n) is 6.10. The zero-order valence-corrected chi connectivity index (χ0v) is 12.3. The standard InChI is InChI=1S/C15H32N2/c1-5-9-17-11-14(6-2)10-15(12-17)16-8-7-13(3)4/h13-16H,5-12H2,1-4H3. The van der Waals surface area contributed by atoms with Crippen LogP contribution in [0.25, 0.3) is 0 Å². The summed E-state index contributed by atoms with van der Waals surface area (Å²) >= 11 is 0. The maximum Gasteiger partial charge on any atom is 0.0198 e. The molecule has 0 aliphatic carbocycles. The maximum absolute atomic E-state index is 3.76. The van der Waals surface area contributed by atoms with E-state index in [0.717, 1.165) is 17.9 Å². The average Bonchev–Trinajstić information content (AvgIpc) is 2.28. The molecular formula is C15H32N2. The molecule has 17 heavy (non-hydrogen) atoms. The quantitative estimate of drug-likeness (QED) is 0.735. The van der Waals surface area contributed by atoms with E-state index in [-0.39, 0.29) is 0 Å². The molecule has 1 rings (SSSR count). The van der Waals surface area contributed by atoms with Gasteiger partial charge in [-0.3, -0.25) is 0 Å². The summed E-state index contributed by atoms with van der Waals surface area (Å²) in [5.74, 6) is 1.73. The van der Waals surface area contributed by atoms with Gasteiger partial charge in [-0.05, 0) is 44.2 Å². The summed E-state index contributed by atoms with van der Waals surface area (Å²) in [5.41, 5.74) is 0. The summed E-state index contributed by atoms with van der Waals surface area (Å²) in [7, 11) is 0. The summed E-state index contributed by atoms with van der Waals surface area (Å²) in [5, 5.41) is 3.76. The van der Waals surface area contributed by atoms with Crippen molar-refractivity contribution in [3.63, 3.8) is 0 Å². The normalized spacial score (nSPS) is 26.6. The van der Waals surface area contributed by atoms with Crippen molar-refractivity contribution in [2.45, 2.75) is 59.4 Å². The van der Waals surface area contributed by atoms with Gasteiger partial charge in [0.05, 0.1) is 0 Å². The van der Waals surface area contributed by atoms with Crippen molar-refractivity contribution >= 4 is 0 Å². The molecule has 0 radical (unpaired) electrons. The van der Waals surface area contributed by atoms with E-state index < -0.39 is 0 Å². The highest BCUT2D eigenvalue weighted by Gasteiger charge is 2.25. The van der Waals surface area contributed by atoms with Crippen molar-refractivity contribution in [1.82, 2.24) is 10.2 Å². The van der Waals surface area contributed by atoms with Gasteiger partial charge < -0.3 is 10.2 Å². The Hall–Kier alpha value is -0.0800. The maximum atomic E-state index is 3.76. The van der Waals surface area contributed by atoms with E-state index in [0.29, 0.717) is 0 Å². The molecule has 1 saturated heterocycles. The lowest BCUT2D eigenvalue weighted by Gasteiger charge is -2.38. The third-order valence-corrected chi connectivity index (χ3v) is 3.88. The average molecular weight is 240 g/mol. The van der Waals surface area contributed by atoms with Crippen LogP contribution in [0.3, 0.4) is 0 Å². The van der Waals surface area contributed by atoms with E-state index in [4.69, 9.17) is 0 Å². The van der Waals surface area contributed by atoms with Crippen LogP contribution < -0.4 is 5.32 Å². The summed E-state index contributed by atoms with van der Waals surface area (Å²) < 4.78 is 0. The van der Waals surface area contributed by atoms with Gasteiger partial charge in [0.15, 0.2) is 0 Å². The van der Waals surface area contributed by atoms with E-state index in [1.165, 1.54) is 51.9 Å². The van der Waals surface area contributed by atoms with Gasteiger partial charge in [0.2, 0.25) is 0 Å². The second kappa shape index (κ2) is 8.10. The number of nitrogens with zero attached hydrogens (tertiary/aromatic N) is 1. The Bertz CT molecular complexity index is 191. The van der Waals surface area contributed by atoms with Gasteiger partial charge in [-0.2, -0.15) is 0 Å². The second-order valence-corrected chi connectivity index (χ2v) is 6.10. The highest BCUT2D eigenvalue weighted by atomic mass is 15.2. The molecule has 0 bridgehead atoms. The van der Waals surface area contributed by atoms with Crippen molar-refractivity contribution < 1.29 is 0 Å². The van der Waals surface area contributed by atoms with Crippen molar-refractivity contribution in [3.8, 4) is 0 Å². The lowest BCUT2D eigenvalue weighted by molar-refractivity contribution is 0.138. The van der Waals surface area contributed by atoms with Crippen molar-refractivity contribution in [1.29, 1.82) is 0 Å². The minimum atomic E-state index is 0.735. The minimum Gasteiger partial charge on any atom is -0.313 e. The Morgan fingerprint density at radius 3 is 2.59 bits per heavy atom. The molecule has 2 atom stereocenters. The van der Waals surface area contributed by atoms with Gasteiger partial charge >= 0.3 is 0 Å². The van der Waals surface area contributed by atoms with E-state index in [9.17, 15) is 0 Å². The third-order valence-electron chi connectivity index (χ3n) is 3.88. The van der Waals surface area contributed by atoms with E-state index in [1.54, 1.807) is 0 Å². The fourth-order valence-corrected chi connectivity index (χ4v) is 2.82. The molecule has 2 heteroatoms. The van der Waals surface area contributed by atoms with E-state index in [2.05, 4.69) is 37.9 Å². The van der Waals surface area contributed by atoms with Crippen LogP contribution in [-0.4, -0.2) is 37.1 Å². The molecule has 1 N–H and O–H groups in total. The molecule has 2 unspecified atom stereocenters. The molecule has 0 spiro atoms. The molecule has 0 aromatic heterocycles. The number of hydrogen-bond donors (Lipinski definition) is 1. The summed E-state index contributed by atoms with van der Waals surface area (Å²) in [6, 6.07) is 0.735.